The van der Waals surface area contributed by atoms with Gasteiger partial charge in [0.15, 0.2) is 5.96 Å². The van der Waals surface area contributed by atoms with Crippen LogP contribution in [0.3, 0.4) is 0 Å². The molecule has 0 bridgehead atoms. The van der Waals surface area contributed by atoms with Crippen molar-refractivity contribution >= 4 is 23.2 Å². The number of nitrogens with zero attached hydrogens (tertiary/aromatic N) is 3. The molecule has 2 N–H and O–H groups in total. The van der Waals surface area contributed by atoms with E-state index in [0.717, 1.165) is 43.6 Å². The normalized spacial score (nSPS) is 14.5. The standard InChI is InChI=1S/C22H29N5O2/c1-18(28)25-19-7-6-10-21(17-19)29-16-11-24-22(23-2)27-14-12-26(13-15-27)20-8-4-3-5-9-20/h3-10,17H,11-16H2,1-2H3,(H,23,24)(H,25,28). The van der Waals surface area contributed by atoms with Crippen molar-refractivity contribution in [3.05, 3.63) is 54.6 Å². The van der Waals surface area contributed by atoms with Gasteiger partial charge in [0.25, 0.3) is 0 Å². The molecule has 0 saturated carbocycles. The summed E-state index contributed by atoms with van der Waals surface area (Å²) in [6, 6.07) is 17.9. The fraction of sp³-hybridized carbons (Fsp3) is 0.364. The number of rotatable bonds is 6. The van der Waals surface area contributed by atoms with E-state index in [0.29, 0.717) is 13.2 Å². The van der Waals surface area contributed by atoms with E-state index in [1.54, 1.807) is 0 Å². The van der Waals surface area contributed by atoms with Gasteiger partial charge in [-0.2, -0.15) is 0 Å². The summed E-state index contributed by atoms with van der Waals surface area (Å²) in [4.78, 5) is 20.2. The lowest BCUT2D eigenvalue weighted by molar-refractivity contribution is -0.114. The molecule has 7 nitrogen and oxygen atoms in total. The van der Waals surface area contributed by atoms with Crippen molar-refractivity contribution in [2.45, 2.75) is 6.92 Å². The van der Waals surface area contributed by atoms with Crippen LogP contribution in [0.5, 0.6) is 5.75 Å². The molecule has 2 aromatic rings. The smallest absolute Gasteiger partial charge is 0.221 e. The number of ether oxygens (including phenoxy) is 1. The average molecular weight is 396 g/mol. The number of piperazine rings is 1. The maximum absolute atomic E-state index is 11.2. The molecule has 1 amide bonds. The van der Waals surface area contributed by atoms with Gasteiger partial charge in [-0.15, -0.1) is 0 Å². The van der Waals surface area contributed by atoms with E-state index in [2.05, 4.69) is 49.7 Å². The van der Waals surface area contributed by atoms with Crippen LogP contribution in [0.2, 0.25) is 0 Å². The molecule has 1 fully saturated rings. The highest BCUT2D eigenvalue weighted by Gasteiger charge is 2.19. The Morgan fingerprint density at radius 1 is 1.07 bits per heavy atom. The number of carbonyl (C=O) groups is 1. The van der Waals surface area contributed by atoms with E-state index in [1.807, 2.05) is 37.4 Å². The number of benzene rings is 2. The van der Waals surface area contributed by atoms with Gasteiger partial charge in [0.05, 0.1) is 6.54 Å². The molecule has 1 heterocycles. The zero-order chi connectivity index (χ0) is 20.5. The number of anilines is 2. The van der Waals surface area contributed by atoms with Crippen molar-refractivity contribution in [3.63, 3.8) is 0 Å². The lowest BCUT2D eigenvalue weighted by atomic mass is 10.2. The summed E-state index contributed by atoms with van der Waals surface area (Å²) in [5.74, 6) is 1.53. The van der Waals surface area contributed by atoms with Gasteiger partial charge >= 0.3 is 0 Å². The van der Waals surface area contributed by atoms with E-state index < -0.39 is 0 Å². The molecule has 0 aromatic heterocycles. The fourth-order valence-electron chi connectivity index (χ4n) is 3.35. The molecule has 0 unspecified atom stereocenters. The number of hydrogen-bond acceptors (Lipinski definition) is 4. The van der Waals surface area contributed by atoms with Crippen LogP contribution in [-0.2, 0) is 4.79 Å². The van der Waals surface area contributed by atoms with Gasteiger partial charge in [0.1, 0.15) is 12.4 Å². The molecule has 29 heavy (non-hydrogen) atoms. The zero-order valence-corrected chi connectivity index (χ0v) is 17.1. The summed E-state index contributed by atoms with van der Waals surface area (Å²) in [6.45, 7) is 6.43. The third-order valence-corrected chi connectivity index (χ3v) is 4.72. The predicted molar refractivity (Wildman–Crippen MR) is 118 cm³/mol. The molecule has 1 aliphatic rings. The first kappa shape index (κ1) is 20.5. The fourth-order valence-corrected chi connectivity index (χ4v) is 3.35. The Morgan fingerprint density at radius 2 is 1.83 bits per heavy atom. The minimum absolute atomic E-state index is 0.0972. The van der Waals surface area contributed by atoms with Crippen LogP contribution in [0.25, 0.3) is 0 Å². The van der Waals surface area contributed by atoms with Crippen molar-refractivity contribution in [3.8, 4) is 5.75 Å². The largest absolute Gasteiger partial charge is 0.492 e. The highest BCUT2D eigenvalue weighted by Crippen LogP contribution is 2.17. The Bertz CT molecular complexity index is 817. The van der Waals surface area contributed by atoms with Crippen molar-refractivity contribution in [2.24, 2.45) is 4.99 Å². The van der Waals surface area contributed by atoms with E-state index in [-0.39, 0.29) is 5.91 Å². The van der Waals surface area contributed by atoms with Gasteiger partial charge < -0.3 is 25.2 Å². The van der Waals surface area contributed by atoms with Crippen molar-refractivity contribution in [2.75, 3.05) is 56.6 Å². The number of aliphatic imine (C=N–C) groups is 1. The van der Waals surface area contributed by atoms with Crippen molar-refractivity contribution in [1.82, 2.24) is 10.2 Å². The molecule has 3 rings (SSSR count). The van der Waals surface area contributed by atoms with Crippen LogP contribution in [0.1, 0.15) is 6.92 Å². The van der Waals surface area contributed by atoms with Crippen molar-refractivity contribution < 1.29 is 9.53 Å². The Hall–Kier alpha value is -3.22. The summed E-state index contributed by atoms with van der Waals surface area (Å²) in [6.07, 6.45) is 0. The molecule has 0 atom stereocenters. The number of guanidine groups is 1. The van der Waals surface area contributed by atoms with E-state index in [4.69, 9.17) is 4.74 Å². The maximum atomic E-state index is 11.2. The molecular weight excluding hydrogens is 366 g/mol. The lowest BCUT2D eigenvalue weighted by Gasteiger charge is -2.37. The predicted octanol–water partition coefficient (Wildman–Crippen LogP) is 2.42. The number of hydrogen-bond donors (Lipinski definition) is 2. The summed E-state index contributed by atoms with van der Waals surface area (Å²) in [7, 11) is 1.81. The molecule has 0 radical (unpaired) electrons. The summed E-state index contributed by atoms with van der Waals surface area (Å²) in [5, 5.41) is 6.13. The van der Waals surface area contributed by atoms with Gasteiger partial charge in [-0.1, -0.05) is 24.3 Å². The van der Waals surface area contributed by atoms with Crippen LogP contribution in [0.4, 0.5) is 11.4 Å². The first-order valence-electron chi connectivity index (χ1n) is 9.92. The maximum Gasteiger partial charge on any atom is 0.221 e. The van der Waals surface area contributed by atoms with Crippen LogP contribution in [0, 0.1) is 0 Å². The van der Waals surface area contributed by atoms with Crippen LogP contribution in [-0.4, -0.2) is 63.1 Å². The minimum Gasteiger partial charge on any atom is -0.492 e. The van der Waals surface area contributed by atoms with E-state index in [1.165, 1.54) is 12.6 Å². The summed E-state index contributed by atoms with van der Waals surface area (Å²) >= 11 is 0. The average Bonchev–Trinajstić information content (AvgIpc) is 2.74. The molecule has 1 aliphatic heterocycles. The van der Waals surface area contributed by atoms with Gasteiger partial charge in [-0.25, -0.2) is 0 Å². The SMILES string of the molecule is CN=C(NCCOc1cccc(NC(C)=O)c1)N1CCN(c2ccccc2)CC1. The third-order valence-electron chi connectivity index (χ3n) is 4.72. The number of para-hydroxylation sites is 1. The monoisotopic (exact) mass is 395 g/mol. The first-order valence-corrected chi connectivity index (χ1v) is 9.92. The van der Waals surface area contributed by atoms with Crippen molar-refractivity contribution in [1.29, 1.82) is 0 Å². The van der Waals surface area contributed by atoms with Gasteiger partial charge in [0, 0.05) is 57.6 Å². The second-order valence-corrected chi connectivity index (χ2v) is 6.84. The molecule has 0 aliphatic carbocycles. The van der Waals surface area contributed by atoms with Gasteiger partial charge in [0.2, 0.25) is 5.91 Å². The van der Waals surface area contributed by atoms with Crippen LogP contribution < -0.4 is 20.3 Å². The Morgan fingerprint density at radius 3 is 2.52 bits per heavy atom. The van der Waals surface area contributed by atoms with E-state index in [9.17, 15) is 4.79 Å². The molecule has 1 saturated heterocycles. The zero-order valence-electron chi connectivity index (χ0n) is 17.1. The highest BCUT2D eigenvalue weighted by molar-refractivity contribution is 5.88. The summed E-state index contributed by atoms with van der Waals surface area (Å²) in [5.41, 5.74) is 2.00. The summed E-state index contributed by atoms with van der Waals surface area (Å²) < 4.78 is 5.79. The quantitative estimate of drug-likeness (QED) is 0.447. The van der Waals surface area contributed by atoms with Gasteiger partial charge in [-0.05, 0) is 24.3 Å². The number of carbonyl (C=O) groups excluding carboxylic acids is 1. The molecule has 0 spiro atoms. The molecule has 2 aromatic carbocycles. The minimum atomic E-state index is -0.0972. The number of amides is 1. The topological polar surface area (TPSA) is 69.2 Å². The first-order chi connectivity index (χ1) is 14.2. The molecular formula is C22H29N5O2. The Kier molecular flexibility index (Phi) is 7.33. The van der Waals surface area contributed by atoms with Crippen LogP contribution >= 0.6 is 0 Å². The Labute approximate surface area is 172 Å². The van der Waals surface area contributed by atoms with Crippen LogP contribution in [0.15, 0.2) is 59.6 Å². The second-order valence-electron chi connectivity index (χ2n) is 6.84. The third kappa shape index (κ3) is 6.14. The number of nitrogens with one attached hydrogen (secondary N) is 2. The highest BCUT2D eigenvalue weighted by atomic mass is 16.5. The molecule has 7 heteroatoms. The molecule has 154 valence electrons. The Balaban J connectivity index is 1.42. The second kappa shape index (κ2) is 10.4. The van der Waals surface area contributed by atoms with Gasteiger partial charge in [-0.3, -0.25) is 9.79 Å². The van der Waals surface area contributed by atoms with E-state index >= 15 is 0 Å². The lowest BCUT2D eigenvalue weighted by Crippen LogP contribution is -2.53.